The van der Waals surface area contributed by atoms with Gasteiger partial charge >= 0.3 is 0 Å². The summed E-state index contributed by atoms with van der Waals surface area (Å²) in [5.74, 6) is 0.107. The molecule has 5 heteroatoms. The molecule has 1 saturated heterocycles. The van der Waals surface area contributed by atoms with Gasteiger partial charge in [-0.3, -0.25) is 4.79 Å². The third-order valence-corrected chi connectivity index (χ3v) is 4.03. The molecule has 4 nitrogen and oxygen atoms in total. The van der Waals surface area contributed by atoms with Crippen LogP contribution in [0.2, 0.25) is 0 Å². The Bertz CT molecular complexity index is 476. The number of halogens is 1. The number of hydrogen-bond donors (Lipinski definition) is 1. The molecule has 0 aromatic heterocycles. The standard InChI is InChI=1S/C16H25N3O.ClH/c1-12(17)15-9-4-5-10-19(15)16(20)13-7-6-8-14(11-13)18(2)3;/h6-8,11-12,15H,4-5,9-10,17H2,1-3H3;1H. The van der Waals surface area contributed by atoms with Gasteiger partial charge in [0.05, 0.1) is 0 Å². The van der Waals surface area contributed by atoms with Crippen molar-refractivity contribution in [2.45, 2.75) is 38.3 Å². The number of anilines is 1. The SMILES string of the molecule is CC(N)C1CCCCN1C(=O)c1cccc(N(C)C)c1.Cl. The Balaban J connectivity index is 0.00000220. The van der Waals surface area contributed by atoms with Gasteiger partial charge in [0.1, 0.15) is 0 Å². The first-order chi connectivity index (χ1) is 9.50. The second kappa shape index (κ2) is 7.66. The third kappa shape index (κ3) is 4.11. The molecule has 1 amide bonds. The lowest BCUT2D eigenvalue weighted by atomic mass is 9.96. The fourth-order valence-corrected chi connectivity index (χ4v) is 2.84. The quantitative estimate of drug-likeness (QED) is 0.933. The first-order valence-corrected chi connectivity index (χ1v) is 7.34. The maximum Gasteiger partial charge on any atom is 0.254 e. The summed E-state index contributed by atoms with van der Waals surface area (Å²) in [7, 11) is 3.96. The predicted octanol–water partition coefficient (Wildman–Crippen LogP) is 2.52. The van der Waals surface area contributed by atoms with E-state index < -0.39 is 0 Å². The molecule has 2 atom stereocenters. The van der Waals surface area contributed by atoms with Gasteiger partial charge in [-0.25, -0.2) is 0 Å². The Kier molecular flexibility index (Phi) is 6.49. The number of carbonyl (C=O) groups is 1. The minimum atomic E-state index is 0. The van der Waals surface area contributed by atoms with Crippen LogP contribution in [-0.2, 0) is 0 Å². The van der Waals surface area contributed by atoms with E-state index >= 15 is 0 Å². The van der Waals surface area contributed by atoms with Crippen LogP contribution in [0.1, 0.15) is 36.5 Å². The highest BCUT2D eigenvalue weighted by Gasteiger charge is 2.29. The molecule has 21 heavy (non-hydrogen) atoms. The summed E-state index contributed by atoms with van der Waals surface area (Å²) in [6.45, 7) is 2.81. The summed E-state index contributed by atoms with van der Waals surface area (Å²) in [5.41, 5.74) is 7.85. The van der Waals surface area contributed by atoms with Gasteiger partial charge in [0.2, 0.25) is 0 Å². The fraction of sp³-hybridized carbons (Fsp3) is 0.562. The smallest absolute Gasteiger partial charge is 0.254 e. The first-order valence-electron chi connectivity index (χ1n) is 7.34. The summed E-state index contributed by atoms with van der Waals surface area (Å²) in [6, 6.07) is 7.98. The topological polar surface area (TPSA) is 49.6 Å². The molecule has 118 valence electrons. The van der Waals surface area contributed by atoms with Gasteiger partial charge in [-0.2, -0.15) is 0 Å². The van der Waals surface area contributed by atoms with Crippen molar-refractivity contribution in [1.82, 2.24) is 4.90 Å². The van der Waals surface area contributed by atoms with Crippen molar-refractivity contribution in [2.75, 3.05) is 25.5 Å². The largest absolute Gasteiger partial charge is 0.378 e. The number of likely N-dealkylation sites (tertiary alicyclic amines) is 1. The highest BCUT2D eigenvalue weighted by molar-refractivity contribution is 5.95. The number of piperidine rings is 1. The highest BCUT2D eigenvalue weighted by Crippen LogP contribution is 2.23. The number of hydrogen-bond acceptors (Lipinski definition) is 3. The van der Waals surface area contributed by atoms with Gasteiger partial charge in [-0.15, -0.1) is 12.4 Å². The van der Waals surface area contributed by atoms with Gasteiger partial charge in [0.15, 0.2) is 0 Å². The van der Waals surface area contributed by atoms with E-state index in [1.807, 2.05) is 55.1 Å². The van der Waals surface area contributed by atoms with Crippen molar-refractivity contribution < 1.29 is 4.79 Å². The second-order valence-electron chi connectivity index (χ2n) is 5.87. The van der Waals surface area contributed by atoms with Crippen LogP contribution in [0.5, 0.6) is 0 Å². The lowest BCUT2D eigenvalue weighted by molar-refractivity contribution is 0.0584. The number of nitrogens with two attached hydrogens (primary N) is 1. The van der Waals surface area contributed by atoms with Gasteiger partial charge in [-0.1, -0.05) is 6.07 Å². The van der Waals surface area contributed by atoms with E-state index in [0.717, 1.165) is 37.1 Å². The number of carbonyl (C=O) groups excluding carboxylic acids is 1. The maximum absolute atomic E-state index is 12.7. The molecule has 0 bridgehead atoms. The molecule has 1 fully saturated rings. The lowest BCUT2D eigenvalue weighted by Gasteiger charge is -2.38. The zero-order valence-corrected chi connectivity index (χ0v) is 13.9. The van der Waals surface area contributed by atoms with Crippen LogP contribution >= 0.6 is 12.4 Å². The van der Waals surface area contributed by atoms with E-state index in [2.05, 4.69) is 0 Å². The van der Waals surface area contributed by atoms with Crippen molar-refractivity contribution >= 4 is 24.0 Å². The van der Waals surface area contributed by atoms with E-state index in [1.165, 1.54) is 0 Å². The summed E-state index contributed by atoms with van der Waals surface area (Å²) in [4.78, 5) is 16.7. The van der Waals surface area contributed by atoms with Crippen LogP contribution in [0.15, 0.2) is 24.3 Å². The predicted molar refractivity (Wildman–Crippen MR) is 90.3 cm³/mol. The zero-order chi connectivity index (χ0) is 14.7. The Morgan fingerprint density at radius 2 is 2.10 bits per heavy atom. The molecule has 0 saturated carbocycles. The van der Waals surface area contributed by atoms with E-state index in [-0.39, 0.29) is 30.4 Å². The average molecular weight is 312 g/mol. The average Bonchev–Trinajstić information content (AvgIpc) is 2.46. The molecule has 0 radical (unpaired) electrons. The third-order valence-electron chi connectivity index (χ3n) is 4.03. The van der Waals surface area contributed by atoms with E-state index in [0.29, 0.717) is 0 Å². The summed E-state index contributed by atoms with van der Waals surface area (Å²) in [6.07, 6.45) is 3.24. The molecular weight excluding hydrogens is 286 g/mol. The fourth-order valence-electron chi connectivity index (χ4n) is 2.84. The Labute approximate surface area is 133 Å². The lowest BCUT2D eigenvalue weighted by Crippen LogP contribution is -2.51. The van der Waals surface area contributed by atoms with E-state index in [4.69, 9.17) is 5.73 Å². The van der Waals surface area contributed by atoms with Crippen molar-refractivity contribution in [3.05, 3.63) is 29.8 Å². The van der Waals surface area contributed by atoms with Crippen molar-refractivity contribution in [1.29, 1.82) is 0 Å². The molecule has 1 aliphatic rings. The summed E-state index contributed by atoms with van der Waals surface area (Å²) < 4.78 is 0. The van der Waals surface area contributed by atoms with Crippen LogP contribution in [0, 0.1) is 0 Å². The minimum absolute atomic E-state index is 0. The summed E-state index contributed by atoms with van der Waals surface area (Å²) in [5, 5.41) is 0. The van der Waals surface area contributed by atoms with Crippen molar-refractivity contribution in [2.24, 2.45) is 5.73 Å². The molecule has 2 N–H and O–H groups in total. The first kappa shape index (κ1) is 17.8. The van der Waals surface area contributed by atoms with Crippen LogP contribution < -0.4 is 10.6 Å². The normalized spacial score (nSPS) is 19.6. The number of nitrogens with zero attached hydrogens (tertiary/aromatic N) is 2. The second-order valence-corrected chi connectivity index (χ2v) is 5.87. The molecule has 1 aromatic carbocycles. The van der Waals surface area contributed by atoms with Crippen LogP contribution in [0.25, 0.3) is 0 Å². The maximum atomic E-state index is 12.7. The minimum Gasteiger partial charge on any atom is -0.378 e. The van der Waals surface area contributed by atoms with Gasteiger partial charge in [-0.05, 0) is 44.4 Å². The Morgan fingerprint density at radius 3 is 2.71 bits per heavy atom. The molecular formula is C16H26ClN3O. The molecule has 1 aliphatic heterocycles. The van der Waals surface area contributed by atoms with Crippen LogP contribution in [0.3, 0.4) is 0 Å². The van der Waals surface area contributed by atoms with Gasteiger partial charge in [0.25, 0.3) is 5.91 Å². The van der Waals surface area contributed by atoms with E-state index in [9.17, 15) is 4.79 Å². The number of amides is 1. The zero-order valence-electron chi connectivity index (χ0n) is 13.1. The van der Waals surface area contributed by atoms with E-state index in [1.54, 1.807) is 0 Å². The highest BCUT2D eigenvalue weighted by atomic mass is 35.5. The Hall–Kier alpha value is -1.26. The molecule has 2 unspecified atom stereocenters. The molecule has 1 heterocycles. The number of rotatable bonds is 3. The molecule has 2 rings (SSSR count). The molecule has 0 aliphatic carbocycles. The van der Waals surface area contributed by atoms with Crippen LogP contribution in [-0.4, -0.2) is 43.5 Å². The molecule has 1 aromatic rings. The number of benzene rings is 1. The van der Waals surface area contributed by atoms with Crippen LogP contribution in [0.4, 0.5) is 5.69 Å². The summed E-state index contributed by atoms with van der Waals surface area (Å²) >= 11 is 0. The van der Waals surface area contributed by atoms with Gasteiger partial charge in [0, 0.05) is 44.0 Å². The van der Waals surface area contributed by atoms with Gasteiger partial charge < -0.3 is 15.5 Å². The Morgan fingerprint density at radius 1 is 1.38 bits per heavy atom. The van der Waals surface area contributed by atoms with Crippen molar-refractivity contribution in [3.8, 4) is 0 Å². The van der Waals surface area contributed by atoms with Crippen molar-refractivity contribution in [3.63, 3.8) is 0 Å². The molecule has 0 spiro atoms. The monoisotopic (exact) mass is 311 g/mol.